The number of rotatable bonds is 6. The fraction of sp³-hybridized carbons (Fsp3) is 0.158. The molecule has 0 aliphatic rings. The monoisotopic (exact) mass is 428 g/mol. The second-order valence-electron chi connectivity index (χ2n) is 5.87. The van der Waals surface area contributed by atoms with Crippen LogP contribution < -0.4 is 5.32 Å². The van der Waals surface area contributed by atoms with Gasteiger partial charge in [-0.15, -0.1) is 10.2 Å². The first kappa shape index (κ1) is 18.8. The van der Waals surface area contributed by atoms with E-state index in [9.17, 15) is 14.7 Å². The number of aromatic amines is 1. The molecule has 0 radical (unpaired) electrons. The van der Waals surface area contributed by atoms with Gasteiger partial charge in [0.25, 0.3) is 5.91 Å². The molecule has 8 heteroatoms. The van der Waals surface area contributed by atoms with Crippen molar-refractivity contribution in [3.8, 4) is 5.88 Å². The minimum Gasteiger partial charge on any atom is -0.493 e. The van der Waals surface area contributed by atoms with Crippen molar-refractivity contribution >= 4 is 44.3 Å². The summed E-state index contributed by atoms with van der Waals surface area (Å²) in [5, 5.41) is 20.5. The van der Waals surface area contributed by atoms with Crippen LogP contribution in [0.3, 0.4) is 0 Å². The number of nitrogens with zero attached hydrogens (tertiary/aromatic N) is 2. The van der Waals surface area contributed by atoms with Crippen molar-refractivity contribution in [1.82, 2.24) is 10.3 Å². The zero-order valence-electron chi connectivity index (χ0n) is 14.3. The molecule has 27 heavy (non-hydrogen) atoms. The molecule has 0 atom stereocenters. The van der Waals surface area contributed by atoms with Crippen LogP contribution in [0, 0.1) is 0 Å². The van der Waals surface area contributed by atoms with Gasteiger partial charge in [-0.3, -0.25) is 9.59 Å². The van der Waals surface area contributed by atoms with Crippen molar-refractivity contribution in [3.05, 3.63) is 58.6 Å². The highest BCUT2D eigenvalue weighted by atomic mass is 79.9. The average Bonchev–Trinajstić information content (AvgIpc) is 2.98. The Kier molecular flexibility index (Phi) is 5.97. The Morgan fingerprint density at radius 3 is 2.70 bits per heavy atom. The highest BCUT2D eigenvalue weighted by Crippen LogP contribution is 2.36. The molecule has 0 aliphatic heterocycles. The number of aryl methyl sites for hydroxylation is 1. The number of carbonyl (C=O) groups is 2. The summed E-state index contributed by atoms with van der Waals surface area (Å²) in [7, 11) is 0. The number of hydrogen-bond donors (Lipinski definition) is 3. The lowest BCUT2D eigenvalue weighted by Crippen LogP contribution is -2.28. The number of fused-ring (bicyclic) bond motifs is 1. The van der Waals surface area contributed by atoms with Crippen LogP contribution in [0.1, 0.15) is 12.0 Å². The summed E-state index contributed by atoms with van der Waals surface area (Å²) in [6.45, 7) is -0.246. The van der Waals surface area contributed by atoms with Gasteiger partial charge in [0.1, 0.15) is 6.54 Å². The number of aromatic hydroxyl groups is 1. The van der Waals surface area contributed by atoms with E-state index < -0.39 is 5.91 Å². The quantitative estimate of drug-likeness (QED) is 0.516. The zero-order valence-corrected chi connectivity index (χ0v) is 15.9. The van der Waals surface area contributed by atoms with Crippen molar-refractivity contribution in [2.75, 3.05) is 6.54 Å². The first-order chi connectivity index (χ1) is 13.0. The van der Waals surface area contributed by atoms with Crippen LogP contribution >= 0.6 is 15.9 Å². The molecule has 3 aromatic rings. The van der Waals surface area contributed by atoms with Crippen molar-refractivity contribution in [2.24, 2.45) is 10.2 Å². The van der Waals surface area contributed by atoms with Gasteiger partial charge in [0.15, 0.2) is 5.69 Å². The number of azo groups is 1. The summed E-state index contributed by atoms with van der Waals surface area (Å²) in [6.07, 6.45) is 0.881. The number of aromatic nitrogens is 1. The molecule has 0 spiro atoms. The molecule has 7 nitrogen and oxygen atoms in total. The molecular formula is C19H17BrN4O3. The Bertz CT molecular complexity index is 999. The standard InChI is InChI=1S/C19H17BrN4O3/c20-13-7-8-15-14(10-13)18(19(27)22-15)24-23-17(26)11-21-16(25)9-6-12-4-2-1-3-5-12/h1-5,7-8,10,22,27H,6,9,11H2,(H,21,25). The number of halogens is 1. The van der Waals surface area contributed by atoms with Gasteiger partial charge in [-0.2, -0.15) is 0 Å². The number of nitrogens with one attached hydrogen (secondary N) is 2. The normalized spacial score (nSPS) is 11.1. The second-order valence-corrected chi connectivity index (χ2v) is 6.78. The van der Waals surface area contributed by atoms with Crippen LogP contribution in [-0.4, -0.2) is 28.4 Å². The lowest BCUT2D eigenvalue weighted by Gasteiger charge is -2.02. The molecule has 0 unspecified atom stereocenters. The fourth-order valence-corrected chi connectivity index (χ4v) is 2.90. The summed E-state index contributed by atoms with van der Waals surface area (Å²) in [5.74, 6) is -1.01. The number of amides is 2. The number of benzene rings is 2. The topological polar surface area (TPSA) is 107 Å². The molecule has 0 fully saturated rings. The van der Waals surface area contributed by atoms with E-state index >= 15 is 0 Å². The maximum Gasteiger partial charge on any atom is 0.283 e. The van der Waals surface area contributed by atoms with Crippen molar-refractivity contribution < 1.29 is 14.7 Å². The minimum atomic E-state index is -0.605. The maximum atomic E-state index is 11.9. The number of carbonyl (C=O) groups excluding carboxylic acids is 2. The van der Waals surface area contributed by atoms with Gasteiger partial charge < -0.3 is 15.4 Å². The van der Waals surface area contributed by atoms with Gasteiger partial charge >= 0.3 is 0 Å². The van der Waals surface area contributed by atoms with Crippen LogP contribution in [-0.2, 0) is 16.0 Å². The van der Waals surface area contributed by atoms with E-state index in [1.54, 1.807) is 12.1 Å². The molecule has 0 saturated carbocycles. The predicted octanol–water partition coefficient (Wildman–Crippen LogP) is 4.00. The second kappa shape index (κ2) is 8.59. The van der Waals surface area contributed by atoms with E-state index in [4.69, 9.17) is 0 Å². The van der Waals surface area contributed by atoms with Crippen molar-refractivity contribution in [3.63, 3.8) is 0 Å². The van der Waals surface area contributed by atoms with Gasteiger partial charge in [-0.05, 0) is 30.2 Å². The molecule has 2 amide bonds. The molecular weight excluding hydrogens is 412 g/mol. The zero-order chi connectivity index (χ0) is 19.2. The lowest BCUT2D eigenvalue weighted by atomic mass is 10.1. The van der Waals surface area contributed by atoms with Gasteiger partial charge in [0.2, 0.25) is 11.8 Å². The molecule has 1 aromatic heterocycles. The molecule has 0 saturated heterocycles. The number of hydrogen-bond acceptors (Lipinski definition) is 4. The van der Waals surface area contributed by atoms with E-state index in [0.29, 0.717) is 17.3 Å². The van der Waals surface area contributed by atoms with Crippen LogP contribution in [0.4, 0.5) is 5.69 Å². The van der Waals surface area contributed by atoms with E-state index in [0.717, 1.165) is 10.0 Å². The SMILES string of the molecule is O=C(CNC(=O)CCc1ccccc1)N=Nc1c(O)[nH]c2ccc(Br)cc12. The Morgan fingerprint density at radius 2 is 1.93 bits per heavy atom. The van der Waals surface area contributed by atoms with Crippen LogP contribution in [0.25, 0.3) is 10.9 Å². The first-order valence-corrected chi connectivity index (χ1v) is 9.07. The van der Waals surface area contributed by atoms with Gasteiger partial charge in [0.05, 0.1) is 5.52 Å². The third-order valence-electron chi connectivity index (χ3n) is 3.90. The summed E-state index contributed by atoms with van der Waals surface area (Å²) in [4.78, 5) is 26.4. The summed E-state index contributed by atoms with van der Waals surface area (Å²) in [6, 6.07) is 15.0. The summed E-state index contributed by atoms with van der Waals surface area (Å²) < 4.78 is 0.808. The van der Waals surface area contributed by atoms with Gasteiger partial charge in [-0.25, -0.2) is 0 Å². The molecule has 2 aromatic carbocycles. The average molecular weight is 429 g/mol. The Balaban J connectivity index is 1.54. The largest absolute Gasteiger partial charge is 0.493 e. The first-order valence-electron chi connectivity index (χ1n) is 8.28. The fourth-order valence-electron chi connectivity index (χ4n) is 2.54. The predicted molar refractivity (Wildman–Crippen MR) is 105 cm³/mol. The lowest BCUT2D eigenvalue weighted by molar-refractivity contribution is -0.124. The Hall–Kier alpha value is -3.00. The van der Waals surface area contributed by atoms with Crippen LogP contribution in [0.15, 0.2) is 63.2 Å². The van der Waals surface area contributed by atoms with E-state index in [-0.39, 0.29) is 30.4 Å². The molecule has 3 rings (SSSR count). The smallest absolute Gasteiger partial charge is 0.283 e. The third-order valence-corrected chi connectivity index (χ3v) is 4.39. The van der Waals surface area contributed by atoms with E-state index in [2.05, 4.69) is 36.5 Å². The minimum absolute atomic E-state index is 0.174. The molecule has 1 heterocycles. The molecule has 0 aliphatic carbocycles. The highest BCUT2D eigenvalue weighted by molar-refractivity contribution is 9.10. The summed E-state index contributed by atoms with van der Waals surface area (Å²) in [5.41, 5.74) is 1.90. The number of H-pyrrole nitrogens is 1. The van der Waals surface area contributed by atoms with E-state index in [1.807, 2.05) is 36.4 Å². The Morgan fingerprint density at radius 1 is 1.15 bits per heavy atom. The summed E-state index contributed by atoms with van der Waals surface area (Å²) >= 11 is 3.35. The van der Waals surface area contributed by atoms with Gasteiger partial charge in [0, 0.05) is 16.3 Å². The molecule has 138 valence electrons. The maximum absolute atomic E-state index is 11.9. The molecule has 3 N–H and O–H groups in total. The van der Waals surface area contributed by atoms with Gasteiger partial charge in [-0.1, -0.05) is 46.3 Å². The third kappa shape index (κ3) is 5.01. The Labute approximate surface area is 163 Å². The molecule has 0 bridgehead atoms. The highest BCUT2D eigenvalue weighted by Gasteiger charge is 2.12. The van der Waals surface area contributed by atoms with Crippen molar-refractivity contribution in [2.45, 2.75) is 12.8 Å². The van der Waals surface area contributed by atoms with E-state index in [1.165, 1.54) is 0 Å². The van der Waals surface area contributed by atoms with Crippen LogP contribution in [0.2, 0.25) is 0 Å². The van der Waals surface area contributed by atoms with Crippen LogP contribution in [0.5, 0.6) is 5.88 Å². The van der Waals surface area contributed by atoms with Crippen molar-refractivity contribution in [1.29, 1.82) is 0 Å².